The molecule has 0 radical (unpaired) electrons. The number of amides is 1. The number of para-hydroxylation sites is 3. The minimum atomic E-state index is -3.69. The van der Waals surface area contributed by atoms with Crippen molar-refractivity contribution in [3.05, 3.63) is 78.9 Å². The molecule has 162 valence electrons. The average molecular weight is 441 g/mol. The molecule has 0 atom stereocenters. The summed E-state index contributed by atoms with van der Waals surface area (Å²) in [7, 11) is -3.69. The van der Waals surface area contributed by atoms with Gasteiger partial charge in [-0.15, -0.1) is 0 Å². The zero-order valence-corrected chi connectivity index (χ0v) is 18.1. The van der Waals surface area contributed by atoms with Gasteiger partial charge in [0, 0.05) is 0 Å². The zero-order chi connectivity index (χ0) is 22.3. The predicted molar refractivity (Wildman–Crippen MR) is 121 cm³/mol. The van der Waals surface area contributed by atoms with E-state index in [1.807, 2.05) is 25.1 Å². The Balaban J connectivity index is 1.76. The number of nitrogens with one attached hydrogen (secondary N) is 1. The van der Waals surface area contributed by atoms with Crippen LogP contribution in [0.3, 0.4) is 0 Å². The molecular formula is C23H24N2O5S. The Kier molecular flexibility index (Phi) is 7.15. The van der Waals surface area contributed by atoms with Crippen LogP contribution in [0.5, 0.6) is 17.2 Å². The number of rotatable bonds is 9. The Labute approximate surface area is 182 Å². The number of anilines is 2. The van der Waals surface area contributed by atoms with Crippen molar-refractivity contribution < 1.29 is 22.7 Å². The molecule has 0 spiro atoms. The highest BCUT2D eigenvalue weighted by Crippen LogP contribution is 2.29. The van der Waals surface area contributed by atoms with Crippen LogP contribution in [0.1, 0.15) is 6.92 Å². The maximum Gasteiger partial charge on any atom is 0.245 e. The lowest BCUT2D eigenvalue weighted by atomic mass is 10.2. The fraction of sp³-hybridized carbons (Fsp3) is 0.174. The van der Waals surface area contributed by atoms with Crippen molar-refractivity contribution in [2.45, 2.75) is 6.92 Å². The number of hydrogen-bond donors (Lipinski definition) is 1. The van der Waals surface area contributed by atoms with Crippen LogP contribution < -0.4 is 19.1 Å². The lowest BCUT2D eigenvalue weighted by Crippen LogP contribution is -2.37. The molecule has 3 aromatic rings. The van der Waals surface area contributed by atoms with E-state index in [0.717, 1.165) is 10.6 Å². The summed E-state index contributed by atoms with van der Waals surface area (Å²) in [5.41, 5.74) is 0.812. The van der Waals surface area contributed by atoms with Crippen LogP contribution in [0.2, 0.25) is 0 Å². The lowest BCUT2D eigenvalue weighted by molar-refractivity contribution is -0.114. The second-order valence-corrected chi connectivity index (χ2v) is 8.56. The van der Waals surface area contributed by atoms with Gasteiger partial charge in [0.2, 0.25) is 15.9 Å². The molecule has 1 amide bonds. The van der Waals surface area contributed by atoms with Crippen LogP contribution in [0.4, 0.5) is 11.4 Å². The fourth-order valence-electron chi connectivity index (χ4n) is 2.87. The number of sulfonamides is 1. The van der Waals surface area contributed by atoms with E-state index in [0.29, 0.717) is 35.2 Å². The monoisotopic (exact) mass is 440 g/mol. The molecule has 0 aliphatic carbocycles. The van der Waals surface area contributed by atoms with Crippen molar-refractivity contribution in [1.29, 1.82) is 0 Å². The van der Waals surface area contributed by atoms with E-state index in [9.17, 15) is 13.2 Å². The molecule has 8 heteroatoms. The maximum absolute atomic E-state index is 12.7. The van der Waals surface area contributed by atoms with Gasteiger partial charge in [-0.2, -0.15) is 0 Å². The SMILES string of the molecule is CCOc1ccc(N(CC(=O)Nc2ccccc2Oc2ccccc2)S(C)(=O)=O)cc1. The van der Waals surface area contributed by atoms with Crippen molar-refractivity contribution in [1.82, 2.24) is 0 Å². The van der Waals surface area contributed by atoms with E-state index in [1.165, 1.54) is 0 Å². The molecule has 0 aliphatic heterocycles. The van der Waals surface area contributed by atoms with Crippen LogP contribution in [0.25, 0.3) is 0 Å². The Morgan fingerprint density at radius 2 is 1.55 bits per heavy atom. The summed E-state index contributed by atoms with van der Waals surface area (Å²) >= 11 is 0. The number of hydrogen-bond acceptors (Lipinski definition) is 5. The minimum absolute atomic E-state index is 0.370. The summed E-state index contributed by atoms with van der Waals surface area (Å²) in [6, 6.07) is 22.7. The van der Waals surface area contributed by atoms with Gasteiger partial charge in [0.05, 0.1) is 24.2 Å². The van der Waals surface area contributed by atoms with Gasteiger partial charge in [0.25, 0.3) is 0 Å². The second kappa shape index (κ2) is 9.99. The quantitative estimate of drug-likeness (QED) is 0.537. The first-order valence-electron chi connectivity index (χ1n) is 9.69. The number of benzene rings is 3. The summed E-state index contributed by atoms with van der Waals surface area (Å²) in [5.74, 6) is 1.20. The third-order valence-corrected chi connectivity index (χ3v) is 5.40. The zero-order valence-electron chi connectivity index (χ0n) is 17.3. The largest absolute Gasteiger partial charge is 0.494 e. The predicted octanol–water partition coefficient (Wildman–Crippen LogP) is 4.28. The molecule has 0 saturated heterocycles. The lowest BCUT2D eigenvalue weighted by Gasteiger charge is -2.22. The smallest absolute Gasteiger partial charge is 0.245 e. The second-order valence-electron chi connectivity index (χ2n) is 6.66. The number of carbonyl (C=O) groups excluding carboxylic acids is 1. The molecule has 0 saturated carbocycles. The Morgan fingerprint density at radius 3 is 2.19 bits per heavy atom. The summed E-state index contributed by atoms with van der Waals surface area (Å²) in [6.07, 6.45) is 1.06. The molecule has 0 fully saturated rings. The van der Waals surface area contributed by atoms with E-state index in [-0.39, 0.29) is 6.54 Å². The van der Waals surface area contributed by atoms with E-state index >= 15 is 0 Å². The van der Waals surface area contributed by atoms with Gasteiger partial charge >= 0.3 is 0 Å². The van der Waals surface area contributed by atoms with Crippen molar-refractivity contribution >= 4 is 27.3 Å². The van der Waals surface area contributed by atoms with Gasteiger partial charge in [0.15, 0.2) is 5.75 Å². The van der Waals surface area contributed by atoms with Crippen molar-refractivity contribution in [2.24, 2.45) is 0 Å². The molecule has 3 rings (SSSR count). The Bertz CT molecular complexity index is 1120. The number of carbonyl (C=O) groups is 1. The van der Waals surface area contributed by atoms with Crippen molar-refractivity contribution in [3.8, 4) is 17.2 Å². The summed E-state index contributed by atoms with van der Waals surface area (Å²) in [4.78, 5) is 12.7. The van der Waals surface area contributed by atoms with Crippen LogP contribution in [-0.2, 0) is 14.8 Å². The summed E-state index contributed by atoms with van der Waals surface area (Å²) < 4.78 is 36.9. The van der Waals surface area contributed by atoms with Crippen LogP contribution in [-0.4, -0.2) is 33.7 Å². The average Bonchev–Trinajstić information content (AvgIpc) is 2.74. The van der Waals surface area contributed by atoms with E-state index < -0.39 is 15.9 Å². The van der Waals surface area contributed by atoms with Crippen LogP contribution in [0, 0.1) is 0 Å². The molecule has 0 aromatic heterocycles. The molecule has 31 heavy (non-hydrogen) atoms. The highest BCUT2D eigenvalue weighted by atomic mass is 32.2. The van der Waals surface area contributed by atoms with Crippen molar-refractivity contribution in [3.63, 3.8) is 0 Å². The highest BCUT2D eigenvalue weighted by Gasteiger charge is 2.21. The van der Waals surface area contributed by atoms with Gasteiger partial charge in [-0.1, -0.05) is 30.3 Å². The van der Waals surface area contributed by atoms with Crippen molar-refractivity contribution in [2.75, 3.05) is 29.0 Å². The first-order chi connectivity index (χ1) is 14.9. The van der Waals surface area contributed by atoms with E-state index in [1.54, 1.807) is 60.7 Å². The molecule has 3 aromatic carbocycles. The first kappa shape index (κ1) is 22.2. The van der Waals surface area contributed by atoms with Gasteiger partial charge in [0.1, 0.15) is 18.0 Å². The minimum Gasteiger partial charge on any atom is -0.494 e. The third kappa shape index (κ3) is 6.23. The summed E-state index contributed by atoms with van der Waals surface area (Å²) in [5, 5.41) is 2.74. The highest BCUT2D eigenvalue weighted by molar-refractivity contribution is 7.92. The fourth-order valence-corrected chi connectivity index (χ4v) is 3.73. The van der Waals surface area contributed by atoms with Crippen LogP contribution in [0.15, 0.2) is 78.9 Å². The maximum atomic E-state index is 12.7. The van der Waals surface area contributed by atoms with Gasteiger partial charge in [-0.25, -0.2) is 8.42 Å². The van der Waals surface area contributed by atoms with Gasteiger partial charge in [-0.3, -0.25) is 9.10 Å². The first-order valence-corrected chi connectivity index (χ1v) is 11.5. The Hall–Kier alpha value is -3.52. The Morgan fingerprint density at radius 1 is 0.903 bits per heavy atom. The molecule has 0 bridgehead atoms. The van der Waals surface area contributed by atoms with E-state index in [2.05, 4.69) is 5.32 Å². The van der Waals surface area contributed by atoms with Crippen LogP contribution >= 0.6 is 0 Å². The van der Waals surface area contributed by atoms with E-state index in [4.69, 9.17) is 9.47 Å². The molecule has 0 heterocycles. The summed E-state index contributed by atoms with van der Waals surface area (Å²) in [6.45, 7) is 1.98. The molecule has 0 unspecified atom stereocenters. The normalized spacial score (nSPS) is 10.9. The standard InChI is InChI=1S/C23H24N2O5S/c1-3-29-19-15-13-18(14-16-19)25(31(2,27)28)17-23(26)24-21-11-7-8-12-22(21)30-20-9-5-4-6-10-20/h4-16H,3,17H2,1-2H3,(H,24,26). The molecular weight excluding hydrogens is 416 g/mol. The molecule has 0 aliphatic rings. The number of ether oxygens (including phenoxy) is 2. The molecule has 1 N–H and O–H groups in total. The number of nitrogens with zero attached hydrogens (tertiary/aromatic N) is 1. The topological polar surface area (TPSA) is 84.9 Å². The van der Waals surface area contributed by atoms with Gasteiger partial charge in [-0.05, 0) is 55.5 Å². The molecule has 7 nitrogen and oxygen atoms in total. The van der Waals surface area contributed by atoms with Gasteiger partial charge < -0.3 is 14.8 Å². The third-order valence-electron chi connectivity index (χ3n) is 4.26.